The van der Waals surface area contributed by atoms with Gasteiger partial charge in [-0.3, -0.25) is 9.78 Å². The zero-order chi connectivity index (χ0) is 14.7. The maximum atomic E-state index is 12.2. The Labute approximate surface area is 119 Å². The number of amides is 1. The molecular weight excluding hydrogens is 250 g/mol. The molecule has 0 fully saturated rings. The van der Waals surface area contributed by atoms with Gasteiger partial charge >= 0.3 is 0 Å². The number of carbonyl (C=O) groups is 1. The molecule has 20 heavy (non-hydrogen) atoms. The second kappa shape index (κ2) is 5.90. The van der Waals surface area contributed by atoms with E-state index in [0.29, 0.717) is 6.54 Å². The van der Waals surface area contributed by atoms with Crippen molar-refractivity contribution >= 4 is 5.91 Å². The van der Waals surface area contributed by atoms with Crippen LogP contribution in [0.1, 0.15) is 41.3 Å². The standard InChI is InChI=1S/C16H21N3O/c1-11(2)18-16(20)15-9-12(3)19(13(15)4)10-14-7-5-6-8-17-14/h5-9,11H,10H2,1-4H3,(H,18,20). The van der Waals surface area contributed by atoms with Crippen molar-refractivity contribution in [1.29, 1.82) is 0 Å². The van der Waals surface area contributed by atoms with Crippen LogP contribution in [0.15, 0.2) is 30.5 Å². The van der Waals surface area contributed by atoms with Crippen LogP contribution in [0.25, 0.3) is 0 Å². The first kappa shape index (κ1) is 14.3. The fraction of sp³-hybridized carbons (Fsp3) is 0.375. The van der Waals surface area contributed by atoms with E-state index in [1.54, 1.807) is 6.20 Å². The monoisotopic (exact) mass is 271 g/mol. The summed E-state index contributed by atoms with van der Waals surface area (Å²) in [6.45, 7) is 8.61. The molecule has 2 heterocycles. The summed E-state index contributed by atoms with van der Waals surface area (Å²) < 4.78 is 2.12. The van der Waals surface area contributed by atoms with Crippen molar-refractivity contribution in [2.24, 2.45) is 0 Å². The highest BCUT2D eigenvalue weighted by Crippen LogP contribution is 2.16. The molecule has 2 aromatic rings. The summed E-state index contributed by atoms with van der Waals surface area (Å²) in [5.74, 6) is -0.0135. The lowest BCUT2D eigenvalue weighted by Gasteiger charge is -2.10. The quantitative estimate of drug-likeness (QED) is 0.929. The van der Waals surface area contributed by atoms with Gasteiger partial charge in [0.2, 0.25) is 0 Å². The molecule has 0 spiro atoms. The third kappa shape index (κ3) is 3.07. The van der Waals surface area contributed by atoms with Gasteiger partial charge in [-0.1, -0.05) is 6.07 Å². The van der Waals surface area contributed by atoms with Crippen LogP contribution in [0.2, 0.25) is 0 Å². The van der Waals surface area contributed by atoms with Gasteiger partial charge in [0.25, 0.3) is 5.91 Å². The summed E-state index contributed by atoms with van der Waals surface area (Å²) in [7, 11) is 0. The molecule has 2 aromatic heterocycles. The summed E-state index contributed by atoms with van der Waals surface area (Å²) >= 11 is 0. The first-order chi connectivity index (χ1) is 9.49. The molecule has 1 N–H and O–H groups in total. The largest absolute Gasteiger partial charge is 0.350 e. The van der Waals surface area contributed by atoms with E-state index < -0.39 is 0 Å². The molecule has 0 aliphatic heterocycles. The normalized spacial score (nSPS) is 10.8. The van der Waals surface area contributed by atoms with E-state index in [4.69, 9.17) is 0 Å². The van der Waals surface area contributed by atoms with Crippen molar-refractivity contribution in [3.05, 3.63) is 53.1 Å². The van der Waals surface area contributed by atoms with Crippen molar-refractivity contribution in [3.63, 3.8) is 0 Å². The Balaban J connectivity index is 2.27. The van der Waals surface area contributed by atoms with Crippen LogP contribution in [-0.4, -0.2) is 21.5 Å². The van der Waals surface area contributed by atoms with Gasteiger partial charge in [-0.25, -0.2) is 0 Å². The van der Waals surface area contributed by atoms with Crippen molar-refractivity contribution < 1.29 is 4.79 Å². The number of hydrogen-bond donors (Lipinski definition) is 1. The topological polar surface area (TPSA) is 46.9 Å². The smallest absolute Gasteiger partial charge is 0.253 e. The van der Waals surface area contributed by atoms with Crippen molar-refractivity contribution in [3.8, 4) is 0 Å². The lowest BCUT2D eigenvalue weighted by atomic mass is 10.2. The highest BCUT2D eigenvalue weighted by molar-refractivity contribution is 5.95. The molecular formula is C16H21N3O. The van der Waals surface area contributed by atoms with Gasteiger partial charge in [-0.05, 0) is 45.9 Å². The summed E-state index contributed by atoms with van der Waals surface area (Å²) in [6, 6.07) is 7.95. The molecule has 1 amide bonds. The summed E-state index contributed by atoms with van der Waals surface area (Å²) in [6.07, 6.45) is 1.79. The van der Waals surface area contributed by atoms with E-state index in [1.807, 2.05) is 52.0 Å². The maximum absolute atomic E-state index is 12.2. The Morgan fingerprint density at radius 1 is 1.35 bits per heavy atom. The molecule has 0 saturated carbocycles. The van der Waals surface area contributed by atoms with Crippen molar-refractivity contribution in [2.45, 2.75) is 40.3 Å². The van der Waals surface area contributed by atoms with E-state index in [-0.39, 0.29) is 11.9 Å². The minimum Gasteiger partial charge on any atom is -0.350 e. The van der Waals surface area contributed by atoms with Gasteiger partial charge in [0.05, 0.1) is 17.8 Å². The second-order valence-corrected chi connectivity index (χ2v) is 5.32. The number of hydrogen-bond acceptors (Lipinski definition) is 2. The molecule has 106 valence electrons. The number of nitrogens with zero attached hydrogens (tertiary/aromatic N) is 2. The number of nitrogens with one attached hydrogen (secondary N) is 1. The molecule has 0 unspecified atom stereocenters. The molecule has 0 aliphatic carbocycles. The molecule has 2 rings (SSSR count). The van der Waals surface area contributed by atoms with E-state index in [1.165, 1.54) is 0 Å². The summed E-state index contributed by atoms with van der Waals surface area (Å²) in [5.41, 5.74) is 3.78. The van der Waals surface area contributed by atoms with Crippen molar-refractivity contribution in [2.75, 3.05) is 0 Å². The van der Waals surface area contributed by atoms with E-state index >= 15 is 0 Å². The molecule has 4 nitrogen and oxygen atoms in total. The van der Waals surface area contributed by atoms with Gasteiger partial charge in [-0.2, -0.15) is 0 Å². The number of carbonyl (C=O) groups excluding carboxylic acids is 1. The van der Waals surface area contributed by atoms with E-state index in [0.717, 1.165) is 22.6 Å². The maximum Gasteiger partial charge on any atom is 0.253 e. The lowest BCUT2D eigenvalue weighted by molar-refractivity contribution is 0.0942. The van der Waals surface area contributed by atoms with E-state index in [9.17, 15) is 4.79 Å². The highest BCUT2D eigenvalue weighted by atomic mass is 16.1. The molecule has 0 saturated heterocycles. The predicted molar refractivity (Wildman–Crippen MR) is 79.8 cm³/mol. The fourth-order valence-electron chi connectivity index (χ4n) is 2.27. The molecule has 0 bridgehead atoms. The predicted octanol–water partition coefficient (Wildman–Crippen LogP) is 2.69. The molecule has 0 aliphatic rings. The Bertz CT molecular complexity index is 600. The van der Waals surface area contributed by atoms with Gasteiger partial charge in [0.15, 0.2) is 0 Å². The zero-order valence-electron chi connectivity index (χ0n) is 12.5. The van der Waals surface area contributed by atoms with Gasteiger partial charge in [0, 0.05) is 23.6 Å². The number of aromatic nitrogens is 2. The third-order valence-electron chi connectivity index (χ3n) is 3.28. The van der Waals surface area contributed by atoms with Crippen molar-refractivity contribution in [1.82, 2.24) is 14.9 Å². The van der Waals surface area contributed by atoms with Gasteiger partial charge in [0.1, 0.15) is 0 Å². The number of aryl methyl sites for hydroxylation is 1. The van der Waals surface area contributed by atoms with Crippen LogP contribution in [0.5, 0.6) is 0 Å². The van der Waals surface area contributed by atoms with Crippen LogP contribution in [-0.2, 0) is 6.54 Å². The zero-order valence-corrected chi connectivity index (χ0v) is 12.5. The third-order valence-corrected chi connectivity index (χ3v) is 3.28. The SMILES string of the molecule is Cc1cc(C(=O)NC(C)C)c(C)n1Cc1ccccn1. The second-order valence-electron chi connectivity index (χ2n) is 5.32. The first-order valence-electron chi connectivity index (χ1n) is 6.86. The summed E-state index contributed by atoms with van der Waals surface area (Å²) in [5, 5.41) is 2.94. The number of pyridine rings is 1. The minimum absolute atomic E-state index is 0.0135. The number of rotatable bonds is 4. The Hall–Kier alpha value is -2.10. The Morgan fingerprint density at radius 2 is 2.10 bits per heavy atom. The molecule has 0 aromatic carbocycles. The van der Waals surface area contributed by atoms with Crippen LogP contribution < -0.4 is 5.32 Å². The minimum atomic E-state index is -0.0135. The van der Waals surface area contributed by atoms with Crippen LogP contribution >= 0.6 is 0 Å². The van der Waals surface area contributed by atoms with Crippen LogP contribution in [0.4, 0.5) is 0 Å². The average Bonchev–Trinajstić information content (AvgIpc) is 2.67. The van der Waals surface area contributed by atoms with Crippen LogP contribution in [0, 0.1) is 13.8 Å². The van der Waals surface area contributed by atoms with Gasteiger partial charge < -0.3 is 9.88 Å². The Kier molecular flexibility index (Phi) is 4.23. The highest BCUT2D eigenvalue weighted by Gasteiger charge is 2.16. The summed E-state index contributed by atoms with van der Waals surface area (Å²) in [4.78, 5) is 16.5. The van der Waals surface area contributed by atoms with Gasteiger partial charge in [-0.15, -0.1) is 0 Å². The molecule has 4 heteroatoms. The van der Waals surface area contributed by atoms with Crippen LogP contribution in [0.3, 0.4) is 0 Å². The molecule has 0 atom stereocenters. The first-order valence-corrected chi connectivity index (χ1v) is 6.86. The molecule has 0 radical (unpaired) electrons. The fourth-order valence-corrected chi connectivity index (χ4v) is 2.27. The Morgan fingerprint density at radius 3 is 2.70 bits per heavy atom. The van der Waals surface area contributed by atoms with E-state index in [2.05, 4.69) is 14.9 Å². The average molecular weight is 271 g/mol. The lowest BCUT2D eigenvalue weighted by Crippen LogP contribution is -2.30.